The van der Waals surface area contributed by atoms with Gasteiger partial charge in [-0.2, -0.15) is 0 Å². The molecule has 12 heteroatoms. The second-order valence-electron chi connectivity index (χ2n) is 16.5. The summed E-state index contributed by atoms with van der Waals surface area (Å²) in [5.41, 5.74) is 4.31. The van der Waals surface area contributed by atoms with E-state index < -0.39 is 17.8 Å². The van der Waals surface area contributed by atoms with E-state index in [0.717, 1.165) is 93.4 Å². The molecule has 0 bridgehead atoms. The fourth-order valence-corrected chi connectivity index (χ4v) is 10.4. The number of thiophene rings is 1. The molecule has 5 heterocycles. The number of carbonyl (C=O) groups excluding carboxylic acids is 5. The zero-order valence-corrected chi connectivity index (χ0v) is 33.5. The highest BCUT2D eigenvalue weighted by atomic mass is 32.1. The van der Waals surface area contributed by atoms with Crippen LogP contribution in [0.4, 0.5) is 10.1 Å². The predicted octanol–water partition coefficient (Wildman–Crippen LogP) is 8.31. The first kappa shape index (κ1) is 39.4. The summed E-state index contributed by atoms with van der Waals surface area (Å²) in [6, 6.07) is 9.76. The molecule has 57 heavy (non-hydrogen) atoms. The maximum atomic E-state index is 14.8. The average Bonchev–Trinajstić information content (AvgIpc) is 4.01. The third-order valence-electron chi connectivity index (χ3n) is 12.8. The Labute approximate surface area is 338 Å². The number of hydrogen-bond donors (Lipinski definition) is 1. The van der Waals surface area contributed by atoms with E-state index in [2.05, 4.69) is 10.2 Å². The number of likely N-dealkylation sites (tertiary alicyclic amines) is 1. The summed E-state index contributed by atoms with van der Waals surface area (Å²) in [7, 11) is 0. The number of anilines is 1. The highest BCUT2D eigenvalue weighted by Gasteiger charge is 2.41. The number of nitrogens with one attached hydrogen (secondary N) is 1. The van der Waals surface area contributed by atoms with Crippen LogP contribution in [0, 0.1) is 5.82 Å². The van der Waals surface area contributed by atoms with Crippen molar-refractivity contribution in [3.05, 3.63) is 80.3 Å². The molecule has 3 aromatic rings. The minimum absolute atomic E-state index is 0.174. The Bertz CT molecular complexity index is 1990. The summed E-state index contributed by atoms with van der Waals surface area (Å²) < 4.78 is 21.3. The van der Waals surface area contributed by atoms with E-state index in [4.69, 9.17) is 4.74 Å². The first-order valence-electron chi connectivity index (χ1n) is 21.2. The smallest absolute Gasteiger partial charge is 0.276 e. The SMILES string of the molecule is O=C1CCC(N2Cc3c(cc(F)cc3C3CCN(CCCCCCCCCCc4ccc(N5C(=O)c6ccsc6C5=O)cc4OC4CCCC4)CC3)C2=O)C(=O)N1. The maximum Gasteiger partial charge on any atom is 0.276 e. The molecule has 2 aromatic carbocycles. The fraction of sp³-hybridized carbons (Fsp3) is 0.533. The summed E-state index contributed by atoms with van der Waals surface area (Å²) in [6.45, 7) is 3.24. The predicted molar refractivity (Wildman–Crippen MR) is 216 cm³/mol. The standard InChI is InChI=1S/C45H53FN4O6S/c46-31-25-35(37-28-49(43(53)36(37)26-31)38-16-17-40(51)47-42(38)52)29-18-22-48(23-19-29)21-10-6-4-2-1-3-5-7-11-30-14-15-32(27-39(30)56-33-12-8-9-13-33)50-44(54)34-20-24-57-41(34)45(50)55/h14-15,20,24-27,29,33,38H,1-13,16-19,21-23,28H2,(H,47,51,52). The normalized spacial score (nSPS) is 20.5. The van der Waals surface area contributed by atoms with Crippen LogP contribution in [0.15, 0.2) is 41.8 Å². The van der Waals surface area contributed by atoms with Gasteiger partial charge in [0.25, 0.3) is 17.7 Å². The number of halogens is 1. The lowest BCUT2D eigenvalue weighted by molar-refractivity contribution is -0.136. The summed E-state index contributed by atoms with van der Waals surface area (Å²) in [6.07, 6.45) is 17.3. The van der Waals surface area contributed by atoms with E-state index in [1.165, 1.54) is 72.1 Å². The molecule has 0 radical (unpaired) electrons. The second-order valence-corrected chi connectivity index (χ2v) is 17.5. The number of fused-ring (bicyclic) bond motifs is 2. The van der Waals surface area contributed by atoms with Crippen molar-refractivity contribution in [2.75, 3.05) is 24.5 Å². The Kier molecular flexibility index (Phi) is 12.2. The van der Waals surface area contributed by atoms with E-state index in [-0.39, 0.29) is 48.6 Å². The summed E-state index contributed by atoms with van der Waals surface area (Å²) in [5, 5.41) is 4.13. The van der Waals surface area contributed by atoms with E-state index >= 15 is 0 Å². The minimum atomic E-state index is -0.703. The van der Waals surface area contributed by atoms with Crippen molar-refractivity contribution < 1.29 is 33.1 Å². The molecule has 1 N–H and O–H groups in total. The third kappa shape index (κ3) is 8.58. The minimum Gasteiger partial charge on any atom is -0.490 e. The van der Waals surface area contributed by atoms with Crippen molar-refractivity contribution in [1.82, 2.24) is 15.1 Å². The van der Waals surface area contributed by atoms with Gasteiger partial charge < -0.3 is 14.5 Å². The number of ether oxygens (including phenoxy) is 1. The van der Waals surface area contributed by atoms with E-state index in [1.54, 1.807) is 17.5 Å². The van der Waals surface area contributed by atoms with Crippen LogP contribution in [0.5, 0.6) is 5.75 Å². The van der Waals surface area contributed by atoms with E-state index in [0.29, 0.717) is 28.1 Å². The van der Waals surface area contributed by atoms with E-state index in [1.807, 2.05) is 18.2 Å². The molecule has 4 aliphatic heterocycles. The second kappa shape index (κ2) is 17.6. The Morgan fingerprint density at radius 2 is 1.51 bits per heavy atom. The molecule has 1 saturated carbocycles. The maximum absolute atomic E-state index is 14.8. The lowest BCUT2D eigenvalue weighted by atomic mass is 9.85. The monoisotopic (exact) mass is 796 g/mol. The summed E-state index contributed by atoms with van der Waals surface area (Å²) >= 11 is 1.31. The molecular formula is C45H53FN4O6S. The first-order chi connectivity index (χ1) is 27.7. The number of piperidine rings is 2. The number of benzene rings is 2. The topological polar surface area (TPSA) is 116 Å². The third-order valence-corrected chi connectivity index (χ3v) is 13.7. The van der Waals surface area contributed by atoms with Gasteiger partial charge in [-0.25, -0.2) is 9.29 Å². The quantitative estimate of drug-likeness (QED) is 0.115. The number of unbranched alkanes of at least 4 members (excludes halogenated alkanes) is 7. The molecule has 1 aliphatic carbocycles. The number of rotatable bonds is 16. The van der Waals surface area contributed by atoms with Gasteiger partial charge in [0.1, 0.15) is 22.5 Å². The van der Waals surface area contributed by atoms with Crippen molar-refractivity contribution >= 4 is 46.6 Å². The van der Waals surface area contributed by atoms with Crippen LogP contribution in [-0.4, -0.2) is 71.1 Å². The summed E-state index contributed by atoms with van der Waals surface area (Å²) in [5.74, 6) is -1.04. The molecular weight excluding hydrogens is 744 g/mol. The molecule has 8 rings (SSSR count). The number of aryl methyl sites for hydroxylation is 1. The van der Waals surface area contributed by atoms with Crippen LogP contribution in [-0.2, 0) is 22.6 Å². The Hall–Kier alpha value is -4.42. The first-order valence-corrected chi connectivity index (χ1v) is 22.1. The molecule has 1 aromatic heterocycles. The van der Waals surface area contributed by atoms with Crippen LogP contribution in [0.25, 0.3) is 0 Å². The number of hydrogen-bond acceptors (Lipinski definition) is 8. The summed E-state index contributed by atoms with van der Waals surface area (Å²) in [4.78, 5) is 69.3. The molecule has 1 atom stereocenters. The molecule has 302 valence electrons. The van der Waals surface area contributed by atoms with Gasteiger partial charge in [0.05, 0.1) is 17.4 Å². The van der Waals surface area contributed by atoms with Crippen LogP contribution in [0.2, 0.25) is 0 Å². The van der Waals surface area contributed by atoms with Crippen molar-refractivity contribution in [3.63, 3.8) is 0 Å². The fourth-order valence-electron chi connectivity index (χ4n) is 9.57. The number of carbonyl (C=O) groups is 5. The van der Waals surface area contributed by atoms with Crippen LogP contribution in [0.3, 0.4) is 0 Å². The largest absolute Gasteiger partial charge is 0.490 e. The zero-order valence-electron chi connectivity index (χ0n) is 32.7. The Morgan fingerprint density at radius 3 is 2.25 bits per heavy atom. The highest BCUT2D eigenvalue weighted by molar-refractivity contribution is 7.13. The Morgan fingerprint density at radius 1 is 0.772 bits per heavy atom. The highest BCUT2D eigenvalue weighted by Crippen LogP contribution is 2.39. The van der Waals surface area contributed by atoms with Crippen LogP contribution < -0.4 is 15.0 Å². The van der Waals surface area contributed by atoms with Gasteiger partial charge in [-0.05, 0) is 136 Å². The van der Waals surface area contributed by atoms with Gasteiger partial charge in [-0.1, -0.05) is 44.6 Å². The molecule has 5 amide bonds. The van der Waals surface area contributed by atoms with Gasteiger partial charge in [0.15, 0.2) is 0 Å². The van der Waals surface area contributed by atoms with Crippen molar-refractivity contribution in [2.45, 2.75) is 134 Å². The average molecular weight is 797 g/mol. The molecule has 10 nitrogen and oxygen atoms in total. The van der Waals surface area contributed by atoms with Crippen molar-refractivity contribution in [1.29, 1.82) is 0 Å². The van der Waals surface area contributed by atoms with Gasteiger partial charge >= 0.3 is 0 Å². The molecule has 3 fully saturated rings. The number of amides is 5. The zero-order chi connectivity index (χ0) is 39.5. The molecule has 5 aliphatic rings. The molecule has 2 saturated heterocycles. The lowest BCUT2D eigenvalue weighted by Gasteiger charge is -2.33. The van der Waals surface area contributed by atoms with Crippen LogP contribution in [0.1, 0.15) is 156 Å². The lowest BCUT2D eigenvalue weighted by Crippen LogP contribution is -2.52. The van der Waals surface area contributed by atoms with Gasteiger partial charge in [-0.15, -0.1) is 11.3 Å². The van der Waals surface area contributed by atoms with Gasteiger partial charge in [0.2, 0.25) is 11.8 Å². The van der Waals surface area contributed by atoms with Gasteiger partial charge in [-0.3, -0.25) is 29.3 Å². The Balaban J connectivity index is 0.730. The number of imide groups is 2. The molecule has 1 unspecified atom stereocenters. The van der Waals surface area contributed by atoms with Crippen molar-refractivity contribution in [2.24, 2.45) is 0 Å². The van der Waals surface area contributed by atoms with Crippen molar-refractivity contribution in [3.8, 4) is 5.75 Å². The molecule has 0 spiro atoms. The van der Waals surface area contributed by atoms with Gasteiger partial charge in [0, 0.05) is 24.6 Å². The number of nitrogens with zero attached hydrogens (tertiary/aromatic N) is 3. The van der Waals surface area contributed by atoms with E-state index in [9.17, 15) is 28.4 Å². The van der Waals surface area contributed by atoms with Crippen LogP contribution >= 0.6 is 11.3 Å².